The number of ketones is 2. The zero-order valence-electron chi connectivity index (χ0n) is 20.2. The Bertz CT molecular complexity index is 1140. The van der Waals surface area contributed by atoms with Crippen LogP contribution in [-0.2, 0) is 20.8 Å². The number of phenolic OH excluding ortho intramolecular Hbond substituents is 1. The van der Waals surface area contributed by atoms with Gasteiger partial charge in [0.15, 0.2) is 11.9 Å². The molecule has 10 nitrogen and oxygen atoms in total. The Hall–Kier alpha value is -3.81. The molecule has 0 bridgehead atoms. The van der Waals surface area contributed by atoms with Crippen LogP contribution in [0, 0.1) is 12.3 Å². The van der Waals surface area contributed by atoms with Gasteiger partial charge >= 0.3 is 0 Å². The summed E-state index contributed by atoms with van der Waals surface area (Å²) in [6.45, 7) is 0. The molecule has 10 heteroatoms. The molecule has 1 aromatic carbocycles. The number of hydrogen-bond donors (Lipinski definition) is 5. The lowest BCUT2D eigenvalue weighted by atomic mass is 9.90. The van der Waals surface area contributed by atoms with Gasteiger partial charge in [0.25, 0.3) is 5.91 Å². The first-order chi connectivity index (χ1) is 16.3. The molecule has 35 heavy (non-hydrogen) atoms. The number of fused-ring (bicyclic) bond motifs is 1. The van der Waals surface area contributed by atoms with Crippen LogP contribution in [0.3, 0.4) is 0 Å². The van der Waals surface area contributed by atoms with Crippen molar-refractivity contribution in [3.63, 3.8) is 0 Å². The van der Waals surface area contributed by atoms with E-state index in [0.29, 0.717) is 43.0 Å². The highest BCUT2D eigenvalue weighted by atomic mass is 16.3. The monoisotopic (exact) mass is 485 g/mol. The van der Waals surface area contributed by atoms with Crippen molar-refractivity contribution in [2.24, 2.45) is 5.73 Å². The maximum absolute atomic E-state index is 12.8. The lowest BCUT2D eigenvalue weighted by molar-refractivity contribution is -0.134. The molecule has 2 atom stereocenters. The van der Waals surface area contributed by atoms with Crippen LogP contribution in [0.25, 0.3) is 5.76 Å². The summed E-state index contributed by atoms with van der Waals surface area (Å²) in [5.74, 6) is -3.42. The van der Waals surface area contributed by atoms with Gasteiger partial charge in [-0.2, -0.15) is 0 Å². The van der Waals surface area contributed by atoms with Gasteiger partial charge in [-0.15, -0.1) is 6.42 Å². The molecule has 0 unspecified atom stereocenters. The highest BCUT2D eigenvalue weighted by Gasteiger charge is 2.35. The van der Waals surface area contributed by atoms with E-state index in [1.54, 1.807) is 44.1 Å². The highest BCUT2D eigenvalue weighted by Crippen LogP contribution is 2.38. The number of aromatic hydroxyl groups is 1. The zero-order chi connectivity index (χ0) is 26.6. The van der Waals surface area contributed by atoms with E-state index >= 15 is 0 Å². The van der Waals surface area contributed by atoms with Crippen molar-refractivity contribution in [3.8, 4) is 18.1 Å². The van der Waals surface area contributed by atoms with Gasteiger partial charge in [0.05, 0.1) is 17.2 Å². The van der Waals surface area contributed by atoms with Crippen LogP contribution in [0.4, 0.5) is 5.69 Å². The molecule has 6 N–H and O–H groups in total. The average Bonchev–Trinajstić information content (AvgIpc) is 2.76. The first-order valence-corrected chi connectivity index (χ1v) is 10.9. The van der Waals surface area contributed by atoms with Gasteiger partial charge in [-0.25, -0.2) is 0 Å². The molecular formula is C25H31N3O7. The van der Waals surface area contributed by atoms with Gasteiger partial charge in [-0.1, -0.05) is 12.3 Å². The molecular weight excluding hydrogens is 454 g/mol. The van der Waals surface area contributed by atoms with Crippen molar-refractivity contribution in [3.05, 3.63) is 40.2 Å². The summed E-state index contributed by atoms with van der Waals surface area (Å²) >= 11 is 0. The van der Waals surface area contributed by atoms with E-state index in [-0.39, 0.29) is 11.1 Å². The van der Waals surface area contributed by atoms with Crippen molar-refractivity contribution in [1.29, 1.82) is 0 Å². The maximum atomic E-state index is 12.8. The third kappa shape index (κ3) is 5.65. The van der Waals surface area contributed by atoms with Crippen molar-refractivity contribution in [2.45, 2.75) is 37.8 Å². The highest BCUT2D eigenvalue weighted by molar-refractivity contribution is 6.27. The summed E-state index contributed by atoms with van der Waals surface area (Å²) in [6, 6.07) is 0.793. The molecule has 0 heterocycles. The number of aliphatic hydroxyl groups excluding tert-OH is 3. The molecule has 0 aliphatic heterocycles. The fraction of sp³-hybridized carbons (Fsp3) is 0.400. The Balaban J connectivity index is 2.80. The smallest absolute Gasteiger partial charge is 0.255 e. The standard InChI is InChI=1S/C25H31N3O7/c1-6-13-11-16(28(4)5)14-9-7-8-10-15(27(2)3)22(32)20(25(26)35)24(34)23(33)18(30)12-17(29)19(14)21(13)31/h1,11-12,15,23,29,31-33H,7-10H2,2-5H3,(H2,26,35)/b17-12?,22-20-/t15-,23-/m0/s1. The predicted octanol–water partition coefficient (Wildman–Crippen LogP) is 0.792. The molecule has 0 saturated heterocycles. The van der Waals surface area contributed by atoms with Gasteiger partial charge in [0.1, 0.15) is 22.8 Å². The number of amides is 1. The van der Waals surface area contributed by atoms with Gasteiger partial charge in [-0.05, 0) is 45.0 Å². The summed E-state index contributed by atoms with van der Waals surface area (Å²) in [5, 5.41) is 42.7. The van der Waals surface area contributed by atoms with Crippen LogP contribution in [0.2, 0.25) is 0 Å². The lowest BCUT2D eigenvalue weighted by Gasteiger charge is -2.26. The Morgan fingerprint density at radius 2 is 1.77 bits per heavy atom. The van der Waals surface area contributed by atoms with Crippen LogP contribution >= 0.6 is 0 Å². The average molecular weight is 486 g/mol. The normalized spacial score (nSPS) is 22.1. The van der Waals surface area contributed by atoms with E-state index in [4.69, 9.17) is 12.2 Å². The number of hydrogen-bond acceptors (Lipinski definition) is 9. The van der Waals surface area contributed by atoms with Crippen molar-refractivity contribution in [2.75, 3.05) is 33.1 Å². The Labute approximate surface area is 204 Å². The molecule has 1 aliphatic rings. The van der Waals surface area contributed by atoms with Crippen molar-refractivity contribution >= 4 is 28.9 Å². The second kappa shape index (κ2) is 11.1. The number of phenols is 1. The number of likely N-dealkylation sites (N-methyl/N-ethyl adjacent to an activating group) is 1. The number of carbonyl (C=O) groups is 3. The summed E-state index contributed by atoms with van der Waals surface area (Å²) < 4.78 is 0. The minimum absolute atomic E-state index is 0.0779. The van der Waals surface area contributed by atoms with Crippen LogP contribution in [-0.4, -0.2) is 83.1 Å². The van der Waals surface area contributed by atoms with Gasteiger partial charge in [0, 0.05) is 25.9 Å². The molecule has 0 fully saturated rings. The third-order valence-corrected chi connectivity index (χ3v) is 5.92. The summed E-state index contributed by atoms with van der Waals surface area (Å²) in [7, 11) is 6.77. The van der Waals surface area contributed by atoms with Crippen LogP contribution in [0.15, 0.2) is 23.5 Å². The molecule has 0 saturated carbocycles. The van der Waals surface area contributed by atoms with Gasteiger partial charge in [-0.3, -0.25) is 19.3 Å². The van der Waals surface area contributed by atoms with Crippen molar-refractivity contribution in [1.82, 2.24) is 4.90 Å². The molecule has 0 radical (unpaired) electrons. The Morgan fingerprint density at radius 1 is 1.14 bits per heavy atom. The largest absolute Gasteiger partial charge is 0.510 e. The third-order valence-electron chi connectivity index (χ3n) is 5.92. The number of rotatable bonds is 3. The number of aliphatic hydroxyl groups is 3. The Morgan fingerprint density at radius 3 is 2.29 bits per heavy atom. The maximum Gasteiger partial charge on any atom is 0.255 e. The number of benzene rings is 1. The molecule has 188 valence electrons. The molecule has 1 aromatic rings. The van der Waals surface area contributed by atoms with E-state index in [1.165, 1.54) is 0 Å². The number of primary amides is 1. The number of nitrogens with zero attached hydrogens (tertiary/aromatic N) is 2. The van der Waals surface area contributed by atoms with Gasteiger partial charge < -0.3 is 31.1 Å². The zero-order valence-corrected chi connectivity index (χ0v) is 20.2. The van der Waals surface area contributed by atoms with E-state index in [1.807, 2.05) is 0 Å². The summed E-state index contributed by atoms with van der Waals surface area (Å²) in [5.41, 5.74) is 5.51. The van der Waals surface area contributed by atoms with Crippen LogP contribution in [0.5, 0.6) is 5.75 Å². The number of terminal acetylenes is 1. The summed E-state index contributed by atoms with van der Waals surface area (Å²) in [6.07, 6.45) is 5.34. The lowest BCUT2D eigenvalue weighted by Crippen LogP contribution is -2.39. The van der Waals surface area contributed by atoms with E-state index in [2.05, 4.69) is 5.92 Å². The van der Waals surface area contributed by atoms with Crippen LogP contribution < -0.4 is 10.6 Å². The quantitative estimate of drug-likeness (QED) is 0.236. The fourth-order valence-corrected chi connectivity index (χ4v) is 4.11. The Kier molecular flexibility index (Phi) is 8.68. The molecule has 1 amide bonds. The first kappa shape index (κ1) is 27.4. The minimum atomic E-state index is -2.43. The molecule has 0 spiro atoms. The SMILES string of the molecule is C#Cc1cc(N(C)C)c2c(c1O)C(O)=CC(=O)[C@H](O)C(=O)/C(C(N)=O)=C(/O)[C@@H](N(C)C)CCCC2. The molecule has 2 rings (SSSR count). The summed E-state index contributed by atoms with van der Waals surface area (Å²) in [4.78, 5) is 40.8. The van der Waals surface area contributed by atoms with E-state index in [0.717, 1.165) is 0 Å². The predicted molar refractivity (Wildman–Crippen MR) is 131 cm³/mol. The molecule has 1 aliphatic carbocycles. The fourth-order valence-electron chi connectivity index (χ4n) is 4.11. The van der Waals surface area contributed by atoms with Crippen molar-refractivity contribution < 1.29 is 34.8 Å². The number of carbonyl (C=O) groups excluding carboxylic acids is 3. The van der Waals surface area contributed by atoms with E-state index < -0.39 is 52.5 Å². The minimum Gasteiger partial charge on any atom is -0.510 e. The van der Waals surface area contributed by atoms with Gasteiger partial charge in [0.2, 0.25) is 5.78 Å². The topological polar surface area (TPSA) is 165 Å². The number of nitrogens with two attached hydrogens (primary N) is 1. The molecule has 0 aromatic heterocycles. The van der Waals surface area contributed by atoms with Crippen LogP contribution in [0.1, 0.15) is 36.0 Å². The number of Topliss-reactive ketones (excluding diaryl/α,β-unsaturated/α-hetero) is 1. The second-order valence-corrected chi connectivity index (χ2v) is 8.73. The van der Waals surface area contributed by atoms with E-state index in [9.17, 15) is 34.8 Å². The first-order valence-electron chi connectivity index (χ1n) is 10.9. The number of anilines is 1. The second-order valence-electron chi connectivity index (χ2n) is 8.73.